The van der Waals surface area contributed by atoms with E-state index in [0.717, 1.165) is 44.0 Å². The predicted molar refractivity (Wildman–Crippen MR) is 86.6 cm³/mol. The lowest BCUT2D eigenvalue weighted by atomic mass is 9.89. The molecule has 1 aromatic rings. The van der Waals surface area contributed by atoms with Crippen molar-refractivity contribution < 1.29 is 4.79 Å². The number of aromatic nitrogens is 1. The first kappa shape index (κ1) is 15.0. The highest BCUT2D eigenvalue weighted by molar-refractivity contribution is 7.15. The molecule has 0 aromatic carbocycles. The molecule has 0 bridgehead atoms. The fourth-order valence-corrected chi connectivity index (χ4v) is 4.43. The molecule has 0 spiro atoms. The molecule has 3 rings (SSSR count). The highest BCUT2D eigenvalue weighted by atomic mass is 32.1. The highest BCUT2D eigenvalue weighted by Gasteiger charge is 2.24. The molecule has 1 amide bonds. The van der Waals surface area contributed by atoms with Gasteiger partial charge in [0.25, 0.3) is 0 Å². The Kier molecular flexibility index (Phi) is 4.91. The summed E-state index contributed by atoms with van der Waals surface area (Å²) in [6, 6.07) is 0. The van der Waals surface area contributed by atoms with Crippen LogP contribution in [-0.4, -0.2) is 28.9 Å². The Hall–Kier alpha value is -0.940. The number of carbonyl (C=O) groups excluding carboxylic acids is 1. The minimum absolute atomic E-state index is 0.186. The fraction of sp³-hybridized carbons (Fsp3) is 0.750. The monoisotopic (exact) mass is 307 g/mol. The molecule has 5 heteroatoms. The summed E-state index contributed by atoms with van der Waals surface area (Å²) < 4.78 is 0. The molecule has 1 saturated carbocycles. The van der Waals surface area contributed by atoms with E-state index in [0.29, 0.717) is 0 Å². The van der Waals surface area contributed by atoms with E-state index in [1.54, 1.807) is 11.3 Å². The van der Waals surface area contributed by atoms with E-state index < -0.39 is 0 Å². The second-order valence-corrected chi connectivity index (χ2v) is 7.32. The minimum Gasteiger partial charge on any atom is -0.302 e. The minimum atomic E-state index is 0.186. The molecule has 1 aromatic heterocycles. The lowest BCUT2D eigenvalue weighted by Crippen LogP contribution is -2.30. The average molecular weight is 307 g/mol. The smallest absolute Gasteiger partial charge is 0.229 e. The molecule has 2 heterocycles. The number of hydrogen-bond acceptors (Lipinski definition) is 4. The summed E-state index contributed by atoms with van der Waals surface area (Å²) in [5.74, 6) is 0.391. The van der Waals surface area contributed by atoms with Crippen molar-refractivity contribution in [2.24, 2.45) is 5.92 Å². The molecular formula is C16H25N3OS. The van der Waals surface area contributed by atoms with Crippen molar-refractivity contribution in [3.63, 3.8) is 0 Å². The zero-order valence-corrected chi connectivity index (χ0v) is 13.7. The average Bonchev–Trinajstić information content (AvgIpc) is 2.90. The third kappa shape index (κ3) is 3.64. The Bertz CT molecular complexity index is 494. The van der Waals surface area contributed by atoms with E-state index in [1.807, 2.05) is 0 Å². The van der Waals surface area contributed by atoms with Gasteiger partial charge < -0.3 is 5.32 Å². The van der Waals surface area contributed by atoms with Crippen molar-refractivity contribution in [1.29, 1.82) is 0 Å². The zero-order valence-electron chi connectivity index (χ0n) is 12.9. The van der Waals surface area contributed by atoms with E-state index in [4.69, 9.17) is 0 Å². The van der Waals surface area contributed by atoms with Gasteiger partial charge in [0.2, 0.25) is 5.91 Å². The van der Waals surface area contributed by atoms with E-state index in [-0.39, 0.29) is 11.8 Å². The van der Waals surface area contributed by atoms with Gasteiger partial charge in [-0.25, -0.2) is 4.98 Å². The van der Waals surface area contributed by atoms with Gasteiger partial charge in [-0.2, -0.15) is 0 Å². The molecule has 1 aliphatic carbocycles. The summed E-state index contributed by atoms with van der Waals surface area (Å²) in [5.41, 5.74) is 1.20. The first-order valence-electron chi connectivity index (χ1n) is 8.28. The topological polar surface area (TPSA) is 45.2 Å². The number of carbonyl (C=O) groups is 1. The first-order valence-corrected chi connectivity index (χ1v) is 9.09. The van der Waals surface area contributed by atoms with E-state index in [9.17, 15) is 4.79 Å². The third-order valence-electron chi connectivity index (χ3n) is 4.56. The summed E-state index contributed by atoms with van der Waals surface area (Å²) in [6.45, 7) is 5.47. The molecule has 1 fully saturated rings. The second kappa shape index (κ2) is 6.88. The Labute approximate surface area is 130 Å². The maximum absolute atomic E-state index is 12.3. The molecule has 0 atom stereocenters. The van der Waals surface area contributed by atoms with Crippen molar-refractivity contribution in [3.8, 4) is 0 Å². The summed E-state index contributed by atoms with van der Waals surface area (Å²) in [7, 11) is 0. The maximum Gasteiger partial charge on any atom is 0.229 e. The van der Waals surface area contributed by atoms with Crippen LogP contribution in [0.4, 0.5) is 5.13 Å². The van der Waals surface area contributed by atoms with Crippen molar-refractivity contribution in [3.05, 3.63) is 10.6 Å². The molecular weight excluding hydrogens is 282 g/mol. The van der Waals surface area contributed by atoms with Gasteiger partial charge in [-0.1, -0.05) is 26.2 Å². The Morgan fingerprint density at radius 1 is 1.38 bits per heavy atom. The molecule has 1 N–H and O–H groups in total. The van der Waals surface area contributed by atoms with Gasteiger partial charge in [0.15, 0.2) is 5.13 Å². The predicted octanol–water partition coefficient (Wildman–Crippen LogP) is 3.43. The number of thiazole rings is 1. The zero-order chi connectivity index (χ0) is 14.7. The van der Waals surface area contributed by atoms with Crippen LogP contribution in [0.1, 0.15) is 56.0 Å². The van der Waals surface area contributed by atoms with Gasteiger partial charge >= 0.3 is 0 Å². The largest absolute Gasteiger partial charge is 0.302 e. The molecule has 4 nitrogen and oxygen atoms in total. The van der Waals surface area contributed by atoms with Gasteiger partial charge in [0, 0.05) is 30.3 Å². The van der Waals surface area contributed by atoms with E-state index >= 15 is 0 Å². The van der Waals surface area contributed by atoms with Crippen molar-refractivity contribution >= 4 is 22.4 Å². The first-order chi connectivity index (χ1) is 10.3. The van der Waals surface area contributed by atoms with E-state index in [2.05, 4.69) is 22.1 Å². The lowest BCUT2D eigenvalue weighted by molar-refractivity contribution is -0.120. The second-order valence-electron chi connectivity index (χ2n) is 6.24. The summed E-state index contributed by atoms with van der Waals surface area (Å²) in [6.07, 6.45) is 7.96. The Balaban J connectivity index is 1.61. The lowest BCUT2D eigenvalue weighted by Gasteiger charge is -2.24. The maximum atomic E-state index is 12.3. The van der Waals surface area contributed by atoms with Gasteiger partial charge in [0.05, 0.1) is 5.69 Å². The van der Waals surface area contributed by atoms with Crippen molar-refractivity contribution in [2.75, 3.05) is 18.4 Å². The Morgan fingerprint density at radius 3 is 2.95 bits per heavy atom. The summed E-state index contributed by atoms with van der Waals surface area (Å²) in [5, 5.41) is 3.88. The SMILES string of the molecule is CCCN1CCc2nc(NC(=O)C3CCCCC3)sc2C1. The van der Waals surface area contributed by atoms with Crippen LogP contribution in [-0.2, 0) is 17.8 Å². The van der Waals surface area contributed by atoms with Crippen molar-refractivity contribution in [2.45, 2.75) is 58.4 Å². The van der Waals surface area contributed by atoms with Crippen LogP contribution in [0.15, 0.2) is 0 Å². The van der Waals surface area contributed by atoms with Crippen LogP contribution in [0, 0.1) is 5.92 Å². The molecule has 0 radical (unpaired) electrons. The number of rotatable bonds is 4. The number of hydrogen-bond donors (Lipinski definition) is 1. The number of amides is 1. The molecule has 0 saturated heterocycles. The fourth-order valence-electron chi connectivity index (χ4n) is 3.38. The van der Waals surface area contributed by atoms with Crippen molar-refractivity contribution in [1.82, 2.24) is 9.88 Å². The third-order valence-corrected chi connectivity index (χ3v) is 5.55. The molecule has 2 aliphatic rings. The highest BCUT2D eigenvalue weighted by Crippen LogP contribution is 2.30. The van der Waals surface area contributed by atoms with Gasteiger partial charge in [-0.15, -0.1) is 11.3 Å². The van der Waals surface area contributed by atoms with Gasteiger partial charge in [-0.3, -0.25) is 9.69 Å². The standard InChI is InChI=1S/C16H25N3OS/c1-2-9-19-10-8-13-14(11-19)21-16(17-13)18-15(20)12-6-4-3-5-7-12/h12H,2-11H2,1H3,(H,17,18,20). The molecule has 1 aliphatic heterocycles. The van der Waals surface area contributed by atoms with Crippen LogP contribution in [0.25, 0.3) is 0 Å². The van der Waals surface area contributed by atoms with Crippen LogP contribution in [0.2, 0.25) is 0 Å². The summed E-state index contributed by atoms with van der Waals surface area (Å²) in [4.78, 5) is 20.8. The van der Waals surface area contributed by atoms with E-state index in [1.165, 1.54) is 36.3 Å². The van der Waals surface area contributed by atoms with Crippen LogP contribution < -0.4 is 5.32 Å². The normalized spacial score (nSPS) is 20.2. The number of anilines is 1. The number of nitrogens with zero attached hydrogens (tertiary/aromatic N) is 2. The summed E-state index contributed by atoms with van der Waals surface area (Å²) >= 11 is 1.67. The number of fused-ring (bicyclic) bond motifs is 1. The van der Waals surface area contributed by atoms with Crippen LogP contribution >= 0.6 is 11.3 Å². The molecule has 21 heavy (non-hydrogen) atoms. The van der Waals surface area contributed by atoms with Gasteiger partial charge in [-0.05, 0) is 25.8 Å². The Morgan fingerprint density at radius 2 is 2.19 bits per heavy atom. The van der Waals surface area contributed by atoms with Crippen LogP contribution in [0.5, 0.6) is 0 Å². The number of nitrogens with one attached hydrogen (secondary N) is 1. The van der Waals surface area contributed by atoms with Gasteiger partial charge in [0.1, 0.15) is 0 Å². The molecule has 116 valence electrons. The quantitative estimate of drug-likeness (QED) is 0.927. The van der Waals surface area contributed by atoms with Crippen LogP contribution in [0.3, 0.4) is 0 Å². The molecule has 0 unspecified atom stereocenters.